The number of urea groups is 1. The van der Waals surface area contributed by atoms with Crippen LogP contribution in [0.1, 0.15) is 12.8 Å². The van der Waals surface area contributed by atoms with Gasteiger partial charge in [-0.1, -0.05) is 18.2 Å². The van der Waals surface area contributed by atoms with Crippen LogP contribution in [0.25, 0.3) is 0 Å². The molecule has 2 saturated heterocycles. The fraction of sp³-hybridized carbons (Fsp3) is 0.579. The van der Waals surface area contributed by atoms with Crippen LogP contribution in [-0.2, 0) is 4.79 Å². The van der Waals surface area contributed by atoms with Gasteiger partial charge in [-0.25, -0.2) is 4.79 Å². The molecule has 0 spiro atoms. The molecule has 1 aromatic rings. The number of nitrogens with zero attached hydrogens (tertiary/aromatic N) is 3. The van der Waals surface area contributed by atoms with Crippen LogP contribution in [-0.4, -0.2) is 84.7 Å². The highest BCUT2D eigenvalue weighted by atomic mass is 32.2. The van der Waals surface area contributed by atoms with Gasteiger partial charge in [-0.2, -0.15) is 0 Å². The Balaban J connectivity index is 1.30. The molecule has 0 aromatic heterocycles. The number of piperazine rings is 1. The van der Waals surface area contributed by atoms with Gasteiger partial charge in [0, 0.05) is 56.5 Å². The average molecular weight is 377 g/mol. The lowest BCUT2D eigenvalue weighted by Crippen LogP contribution is -2.53. The van der Waals surface area contributed by atoms with Crippen LogP contribution >= 0.6 is 11.8 Å². The van der Waals surface area contributed by atoms with Crippen molar-refractivity contribution in [1.82, 2.24) is 20.0 Å². The highest BCUT2D eigenvalue weighted by molar-refractivity contribution is 7.99. The monoisotopic (exact) mass is 376 g/mol. The van der Waals surface area contributed by atoms with E-state index in [1.807, 2.05) is 28.0 Å². The molecule has 2 fully saturated rings. The Hall–Kier alpha value is -1.73. The second-order valence-electron chi connectivity index (χ2n) is 6.74. The van der Waals surface area contributed by atoms with Gasteiger partial charge in [-0.05, 0) is 25.0 Å². The Morgan fingerprint density at radius 3 is 2.31 bits per heavy atom. The molecular weight excluding hydrogens is 348 g/mol. The van der Waals surface area contributed by atoms with E-state index in [9.17, 15) is 9.59 Å². The number of thioether (sulfide) groups is 1. The van der Waals surface area contributed by atoms with E-state index in [0.717, 1.165) is 44.8 Å². The number of nitrogens with one attached hydrogen (secondary N) is 1. The third-order valence-corrected chi connectivity index (χ3v) is 5.88. The summed E-state index contributed by atoms with van der Waals surface area (Å²) < 4.78 is 0. The van der Waals surface area contributed by atoms with Crippen LogP contribution in [0.5, 0.6) is 0 Å². The summed E-state index contributed by atoms with van der Waals surface area (Å²) in [6.07, 6.45) is 2.25. The third-order valence-electron chi connectivity index (χ3n) is 4.87. The summed E-state index contributed by atoms with van der Waals surface area (Å²) >= 11 is 1.74. The second-order valence-corrected chi connectivity index (χ2v) is 7.91. The van der Waals surface area contributed by atoms with Crippen molar-refractivity contribution in [1.29, 1.82) is 0 Å². The maximum Gasteiger partial charge on any atom is 0.317 e. The molecule has 2 heterocycles. The van der Waals surface area contributed by atoms with Gasteiger partial charge in [0.25, 0.3) is 0 Å². The van der Waals surface area contributed by atoms with Crippen molar-refractivity contribution in [2.75, 3.05) is 58.1 Å². The number of hydrogen-bond acceptors (Lipinski definition) is 4. The normalized spacial score (nSPS) is 18.2. The van der Waals surface area contributed by atoms with Crippen molar-refractivity contribution >= 4 is 23.7 Å². The van der Waals surface area contributed by atoms with Gasteiger partial charge in [0.05, 0.1) is 6.54 Å². The molecule has 0 radical (unpaired) electrons. The van der Waals surface area contributed by atoms with Crippen LogP contribution in [0.4, 0.5) is 4.79 Å². The van der Waals surface area contributed by atoms with E-state index in [2.05, 4.69) is 22.3 Å². The van der Waals surface area contributed by atoms with Gasteiger partial charge >= 0.3 is 6.03 Å². The smallest absolute Gasteiger partial charge is 0.317 e. The molecule has 3 amide bonds. The zero-order valence-corrected chi connectivity index (χ0v) is 16.0. The Morgan fingerprint density at radius 2 is 1.62 bits per heavy atom. The molecule has 142 valence electrons. The number of likely N-dealkylation sites (tertiary alicyclic amines) is 1. The summed E-state index contributed by atoms with van der Waals surface area (Å²) in [4.78, 5) is 31.7. The Morgan fingerprint density at radius 1 is 0.923 bits per heavy atom. The standard InChI is InChI=1S/C19H28N4O2S/c24-18(22-9-4-5-10-22)16-21-11-13-23(14-12-21)19(25)20-8-15-26-17-6-2-1-3-7-17/h1-3,6-7H,4-5,8-16H2,(H,20,25). The Labute approximate surface area is 159 Å². The van der Waals surface area contributed by atoms with E-state index < -0.39 is 0 Å². The summed E-state index contributed by atoms with van der Waals surface area (Å²) in [6.45, 7) is 5.87. The topological polar surface area (TPSA) is 55.9 Å². The van der Waals surface area contributed by atoms with Crippen molar-refractivity contribution in [2.24, 2.45) is 0 Å². The van der Waals surface area contributed by atoms with Gasteiger partial charge in [-0.15, -0.1) is 11.8 Å². The van der Waals surface area contributed by atoms with Crippen molar-refractivity contribution in [2.45, 2.75) is 17.7 Å². The molecule has 6 nitrogen and oxygen atoms in total. The minimum Gasteiger partial charge on any atom is -0.342 e. The lowest BCUT2D eigenvalue weighted by Gasteiger charge is -2.35. The molecule has 0 aliphatic carbocycles. The molecule has 1 aromatic carbocycles. The van der Waals surface area contributed by atoms with Gasteiger partial charge < -0.3 is 15.1 Å². The van der Waals surface area contributed by atoms with Crippen molar-refractivity contribution in [3.05, 3.63) is 30.3 Å². The summed E-state index contributed by atoms with van der Waals surface area (Å²) in [5.74, 6) is 1.10. The molecule has 1 N–H and O–H groups in total. The molecule has 2 aliphatic heterocycles. The lowest BCUT2D eigenvalue weighted by atomic mass is 10.3. The first-order chi connectivity index (χ1) is 12.7. The predicted molar refractivity (Wildman–Crippen MR) is 104 cm³/mol. The summed E-state index contributed by atoms with van der Waals surface area (Å²) in [5.41, 5.74) is 0. The number of carbonyl (C=O) groups is 2. The minimum atomic E-state index is 0.00387. The third kappa shape index (κ3) is 5.64. The number of rotatable bonds is 6. The molecule has 0 atom stereocenters. The first-order valence-electron chi connectivity index (χ1n) is 9.43. The largest absolute Gasteiger partial charge is 0.342 e. The van der Waals surface area contributed by atoms with E-state index in [1.165, 1.54) is 4.90 Å². The second kappa shape index (κ2) is 9.83. The fourth-order valence-corrected chi connectivity index (χ4v) is 4.11. The van der Waals surface area contributed by atoms with Crippen molar-refractivity contribution in [3.63, 3.8) is 0 Å². The van der Waals surface area contributed by atoms with Crippen LogP contribution in [0, 0.1) is 0 Å². The van der Waals surface area contributed by atoms with E-state index in [1.54, 1.807) is 11.8 Å². The summed E-state index contributed by atoms with van der Waals surface area (Å²) in [6, 6.07) is 10.2. The molecule has 3 rings (SSSR count). The number of hydrogen-bond donors (Lipinski definition) is 1. The molecular formula is C19H28N4O2S. The molecule has 26 heavy (non-hydrogen) atoms. The fourth-order valence-electron chi connectivity index (χ4n) is 3.32. The predicted octanol–water partition coefficient (Wildman–Crippen LogP) is 1.73. The Kier molecular flexibility index (Phi) is 7.20. The average Bonchev–Trinajstić information content (AvgIpc) is 3.21. The SMILES string of the molecule is O=C(CN1CCN(C(=O)NCCSc2ccccc2)CC1)N1CCCC1. The van der Waals surface area contributed by atoms with Gasteiger partial charge in [0.1, 0.15) is 0 Å². The summed E-state index contributed by atoms with van der Waals surface area (Å²) in [5, 5.41) is 3.00. The van der Waals surface area contributed by atoms with Crippen LogP contribution < -0.4 is 5.32 Å². The van der Waals surface area contributed by atoms with Crippen LogP contribution in [0.15, 0.2) is 35.2 Å². The van der Waals surface area contributed by atoms with Gasteiger partial charge in [-0.3, -0.25) is 9.69 Å². The van der Waals surface area contributed by atoms with Gasteiger partial charge in [0.15, 0.2) is 0 Å². The molecule has 2 aliphatic rings. The summed E-state index contributed by atoms with van der Waals surface area (Å²) in [7, 11) is 0. The molecule has 0 unspecified atom stereocenters. The number of carbonyl (C=O) groups excluding carboxylic acids is 2. The van der Waals surface area contributed by atoms with Gasteiger partial charge in [0.2, 0.25) is 5.91 Å². The molecule has 0 bridgehead atoms. The molecule has 0 saturated carbocycles. The maximum atomic E-state index is 12.3. The van der Waals surface area contributed by atoms with Crippen LogP contribution in [0.2, 0.25) is 0 Å². The lowest BCUT2D eigenvalue weighted by molar-refractivity contribution is -0.131. The Bertz CT molecular complexity index is 584. The quantitative estimate of drug-likeness (QED) is 0.607. The first kappa shape index (κ1) is 19.0. The highest BCUT2D eigenvalue weighted by Crippen LogP contribution is 2.15. The minimum absolute atomic E-state index is 0.00387. The number of benzene rings is 1. The first-order valence-corrected chi connectivity index (χ1v) is 10.4. The van der Waals surface area contributed by atoms with Crippen molar-refractivity contribution in [3.8, 4) is 0 Å². The van der Waals surface area contributed by atoms with Crippen molar-refractivity contribution < 1.29 is 9.59 Å². The zero-order chi connectivity index (χ0) is 18.2. The van der Waals surface area contributed by atoms with E-state index in [-0.39, 0.29) is 11.9 Å². The molecule has 7 heteroatoms. The van der Waals surface area contributed by atoms with Crippen LogP contribution in [0.3, 0.4) is 0 Å². The van der Waals surface area contributed by atoms with E-state index in [0.29, 0.717) is 26.2 Å². The highest BCUT2D eigenvalue weighted by Gasteiger charge is 2.25. The zero-order valence-electron chi connectivity index (χ0n) is 15.2. The van der Waals surface area contributed by atoms with E-state index in [4.69, 9.17) is 0 Å². The van der Waals surface area contributed by atoms with E-state index >= 15 is 0 Å². The maximum absolute atomic E-state index is 12.3. The number of amides is 3.